The molecule has 3 rings (SSSR count). The van der Waals surface area contributed by atoms with Crippen LogP contribution >= 0.6 is 23.4 Å². The van der Waals surface area contributed by atoms with E-state index in [0.717, 1.165) is 43.3 Å². The molecule has 0 saturated carbocycles. The van der Waals surface area contributed by atoms with Gasteiger partial charge >= 0.3 is 0 Å². The summed E-state index contributed by atoms with van der Waals surface area (Å²) < 4.78 is 0. The number of rotatable bonds is 7. The fourth-order valence-electron chi connectivity index (χ4n) is 2.95. The number of likely N-dealkylation sites (N-methyl/N-ethyl adjacent to an activating group) is 1. The lowest BCUT2D eigenvalue weighted by atomic mass is 10.1. The Morgan fingerprint density at radius 3 is 2.52 bits per heavy atom. The molecule has 1 aromatic heterocycles. The highest BCUT2D eigenvalue weighted by molar-refractivity contribution is 7.98. The number of anilines is 1. The third-order valence-electron chi connectivity index (χ3n) is 4.74. The zero-order valence-corrected chi connectivity index (χ0v) is 18.8. The van der Waals surface area contributed by atoms with Crippen molar-refractivity contribution in [2.75, 3.05) is 44.7 Å². The fourth-order valence-corrected chi connectivity index (χ4v) is 3.98. The van der Waals surface area contributed by atoms with Crippen molar-refractivity contribution in [1.82, 2.24) is 20.2 Å². The minimum atomic E-state index is -0.0344. The maximum absolute atomic E-state index is 12.1. The van der Waals surface area contributed by atoms with E-state index in [1.54, 1.807) is 11.8 Å². The third-order valence-corrected chi connectivity index (χ3v) is 5.86. The summed E-state index contributed by atoms with van der Waals surface area (Å²) in [5, 5.41) is 4.07. The first-order valence-electron chi connectivity index (χ1n) is 9.88. The lowest BCUT2D eigenvalue weighted by Gasteiger charge is -2.33. The molecule has 6 nitrogen and oxygen atoms in total. The van der Waals surface area contributed by atoms with Gasteiger partial charge in [0.05, 0.1) is 0 Å². The largest absolute Gasteiger partial charge is 0.354 e. The van der Waals surface area contributed by atoms with Gasteiger partial charge in [0, 0.05) is 50.1 Å². The highest BCUT2D eigenvalue weighted by Gasteiger charge is 2.17. The Labute approximate surface area is 182 Å². The first kappa shape index (κ1) is 21.9. The summed E-state index contributed by atoms with van der Waals surface area (Å²) in [5.74, 6) is 2.00. The van der Waals surface area contributed by atoms with E-state index >= 15 is 0 Å². The Morgan fingerprint density at radius 1 is 1.17 bits per heavy atom. The number of benzene rings is 1. The van der Waals surface area contributed by atoms with E-state index in [4.69, 9.17) is 16.6 Å². The van der Waals surface area contributed by atoms with Crippen LogP contribution in [0, 0.1) is 5.92 Å². The van der Waals surface area contributed by atoms with E-state index in [-0.39, 0.29) is 5.91 Å². The van der Waals surface area contributed by atoms with Gasteiger partial charge in [0.25, 0.3) is 5.91 Å². The van der Waals surface area contributed by atoms with Crippen LogP contribution in [0.1, 0.15) is 29.8 Å². The molecule has 1 saturated heterocycles. The van der Waals surface area contributed by atoms with Crippen LogP contribution < -0.4 is 10.2 Å². The molecule has 0 bridgehead atoms. The molecule has 0 atom stereocenters. The van der Waals surface area contributed by atoms with Gasteiger partial charge in [0.1, 0.15) is 11.0 Å². The smallest absolute Gasteiger partial charge is 0.251 e. The van der Waals surface area contributed by atoms with Crippen LogP contribution in [0.25, 0.3) is 0 Å². The Morgan fingerprint density at radius 2 is 1.86 bits per heavy atom. The van der Waals surface area contributed by atoms with Gasteiger partial charge in [-0.05, 0) is 30.7 Å². The van der Waals surface area contributed by atoms with Gasteiger partial charge in [-0.15, -0.1) is 0 Å². The van der Waals surface area contributed by atoms with Crippen molar-refractivity contribution in [2.24, 2.45) is 5.92 Å². The Kier molecular flexibility index (Phi) is 7.75. The number of nitrogens with zero attached hydrogens (tertiary/aromatic N) is 4. The highest BCUT2D eigenvalue weighted by atomic mass is 35.5. The second kappa shape index (κ2) is 10.3. The molecule has 156 valence electrons. The molecule has 0 spiro atoms. The monoisotopic (exact) mass is 433 g/mol. The minimum absolute atomic E-state index is 0.0344. The number of carbonyl (C=O) groups is 1. The molecule has 1 fully saturated rings. The quantitative estimate of drug-likeness (QED) is 0.409. The molecule has 1 N–H and O–H groups in total. The van der Waals surface area contributed by atoms with E-state index in [2.05, 4.69) is 41.0 Å². The SMILES string of the molecule is CC(C)CNC(=O)c1ccc(CSc2nc(Cl)cc(N3CCN(C)CC3)n2)cc1. The normalized spacial score (nSPS) is 15.0. The maximum atomic E-state index is 12.1. The molecule has 0 aliphatic carbocycles. The number of nitrogens with one attached hydrogen (secondary N) is 1. The first-order valence-corrected chi connectivity index (χ1v) is 11.2. The number of hydrogen-bond acceptors (Lipinski definition) is 6. The van der Waals surface area contributed by atoms with E-state index in [0.29, 0.717) is 28.3 Å². The van der Waals surface area contributed by atoms with Crippen molar-refractivity contribution >= 4 is 35.1 Å². The zero-order valence-electron chi connectivity index (χ0n) is 17.2. The topological polar surface area (TPSA) is 61.4 Å². The lowest BCUT2D eigenvalue weighted by molar-refractivity contribution is 0.0949. The highest BCUT2D eigenvalue weighted by Crippen LogP contribution is 2.25. The van der Waals surface area contributed by atoms with Gasteiger partial charge < -0.3 is 15.1 Å². The average Bonchev–Trinajstić information content (AvgIpc) is 2.71. The second-order valence-corrected chi connectivity index (χ2v) is 9.04. The zero-order chi connectivity index (χ0) is 20.8. The van der Waals surface area contributed by atoms with E-state index in [9.17, 15) is 4.79 Å². The van der Waals surface area contributed by atoms with Crippen molar-refractivity contribution in [2.45, 2.75) is 24.8 Å². The van der Waals surface area contributed by atoms with Gasteiger partial charge in [0.15, 0.2) is 5.16 Å². The standard InChI is InChI=1S/C21H28ClN5OS/c1-15(2)13-23-20(28)17-6-4-16(5-7-17)14-29-21-24-18(22)12-19(25-21)27-10-8-26(3)9-11-27/h4-7,12,15H,8-11,13-14H2,1-3H3,(H,23,28). The van der Waals surface area contributed by atoms with E-state index in [1.165, 1.54) is 0 Å². The molecule has 1 aromatic carbocycles. The van der Waals surface area contributed by atoms with Gasteiger partial charge in [-0.25, -0.2) is 9.97 Å². The van der Waals surface area contributed by atoms with Crippen molar-refractivity contribution in [1.29, 1.82) is 0 Å². The molecule has 1 aliphatic rings. The summed E-state index contributed by atoms with van der Waals surface area (Å²) in [6.45, 7) is 8.74. The predicted octanol–water partition coefficient (Wildman–Crippen LogP) is 3.56. The van der Waals surface area contributed by atoms with Crippen molar-refractivity contribution < 1.29 is 4.79 Å². The van der Waals surface area contributed by atoms with Gasteiger partial charge in [-0.3, -0.25) is 4.79 Å². The second-order valence-electron chi connectivity index (χ2n) is 7.71. The number of hydrogen-bond donors (Lipinski definition) is 1. The summed E-state index contributed by atoms with van der Waals surface area (Å²) in [4.78, 5) is 25.7. The Hall–Kier alpha value is -1.83. The van der Waals surface area contributed by atoms with Gasteiger partial charge in [-0.2, -0.15) is 0 Å². The molecule has 1 aliphatic heterocycles. The number of piperazine rings is 1. The Bertz CT molecular complexity index is 822. The minimum Gasteiger partial charge on any atom is -0.354 e. The summed E-state index contributed by atoms with van der Waals surface area (Å²) in [5.41, 5.74) is 1.79. The molecule has 2 heterocycles. The average molecular weight is 434 g/mol. The van der Waals surface area contributed by atoms with Crippen LogP contribution in [0.4, 0.5) is 5.82 Å². The summed E-state index contributed by atoms with van der Waals surface area (Å²) in [7, 11) is 2.13. The molecular formula is C21H28ClN5OS. The summed E-state index contributed by atoms with van der Waals surface area (Å²) in [6.07, 6.45) is 0. The predicted molar refractivity (Wildman–Crippen MR) is 120 cm³/mol. The Balaban J connectivity index is 1.59. The number of carbonyl (C=O) groups excluding carboxylic acids is 1. The third kappa shape index (κ3) is 6.59. The van der Waals surface area contributed by atoms with Crippen LogP contribution in [-0.2, 0) is 5.75 Å². The van der Waals surface area contributed by atoms with E-state index < -0.39 is 0 Å². The summed E-state index contributed by atoms with van der Waals surface area (Å²) >= 11 is 7.79. The summed E-state index contributed by atoms with van der Waals surface area (Å²) in [6, 6.07) is 9.51. The van der Waals surface area contributed by atoms with Gasteiger partial charge in [-0.1, -0.05) is 49.3 Å². The molecule has 1 amide bonds. The van der Waals surface area contributed by atoms with Crippen molar-refractivity contribution in [3.05, 3.63) is 46.6 Å². The maximum Gasteiger partial charge on any atom is 0.251 e. The molecule has 29 heavy (non-hydrogen) atoms. The van der Waals surface area contributed by atoms with Crippen LogP contribution in [0.2, 0.25) is 5.15 Å². The molecule has 8 heteroatoms. The van der Waals surface area contributed by atoms with Crippen LogP contribution in [-0.4, -0.2) is 60.5 Å². The number of thioether (sulfide) groups is 1. The van der Waals surface area contributed by atoms with E-state index in [1.807, 2.05) is 30.3 Å². The van der Waals surface area contributed by atoms with Crippen molar-refractivity contribution in [3.63, 3.8) is 0 Å². The molecular weight excluding hydrogens is 406 g/mol. The van der Waals surface area contributed by atoms with Crippen molar-refractivity contribution in [3.8, 4) is 0 Å². The fraction of sp³-hybridized carbons (Fsp3) is 0.476. The van der Waals surface area contributed by atoms with Crippen LogP contribution in [0.3, 0.4) is 0 Å². The number of amides is 1. The number of aromatic nitrogens is 2. The first-order chi connectivity index (χ1) is 13.9. The number of halogens is 1. The van der Waals surface area contributed by atoms with Crippen LogP contribution in [0.15, 0.2) is 35.5 Å². The lowest BCUT2D eigenvalue weighted by Crippen LogP contribution is -2.44. The molecule has 2 aromatic rings. The molecule has 0 unspecified atom stereocenters. The van der Waals surface area contributed by atoms with Gasteiger partial charge in [0.2, 0.25) is 0 Å². The molecule has 0 radical (unpaired) electrons. The van der Waals surface area contributed by atoms with Crippen LogP contribution in [0.5, 0.6) is 0 Å².